The Hall–Kier alpha value is -4.16. The molecule has 3 heterocycles. The number of aliphatic hydroxyl groups excluding tert-OH is 1. The van der Waals surface area contributed by atoms with Gasteiger partial charge in [-0.2, -0.15) is 0 Å². The maximum absolute atomic E-state index is 14.6. The lowest BCUT2D eigenvalue weighted by atomic mass is 9.66. The molecular weight excluding hydrogens is 600 g/mol. The highest BCUT2D eigenvalue weighted by atomic mass is 16.7. The van der Waals surface area contributed by atoms with Gasteiger partial charge in [0.25, 0.3) is 0 Å². The molecule has 3 aliphatic heterocycles. The Labute approximate surface area is 266 Å². The van der Waals surface area contributed by atoms with Crippen molar-refractivity contribution in [3.05, 3.63) is 57.8 Å². The van der Waals surface area contributed by atoms with Crippen molar-refractivity contribution in [2.75, 3.05) is 0 Å². The summed E-state index contributed by atoms with van der Waals surface area (Å²) in [5.41, 5.74) is -5.36. The second-order valence-electron chi connectivity index (χ2n) is 12.8. The molecule has 12 nitrogen and oxygen atoms in total. The first kappa shape index (κ1) is 33.2. The number of rotatable bonds is 7. The minimum Gasteiger partial charge on any atom is -0.469 e. The van der Waals surface area contributed by atoms with Crippen molar-refractivity contribution < 1.29 is 57.6 Å². The van der Waals surface area contributed by atoms with E-state index in [1.165, 1.54) is 12.3 Å². The highest BCUT2D eigenvalue weighted by Crippen LogP contribution is 2.50. The first-order valence-electron chi connectivity index (χ1n) is 15.4. The van der Waals surface area contributed by atoms with Crippen molar-refractivity contribution in [1.29, 1.82) is 0 Å². The topological polar surface area (TPSA) is 169 Å². The fraction of sp³-hybridized carbons (Fsp3) is 0.529. The molecule has 12 heteroatoms. The second kappa shape index (κ2) is 11.9. The van der Waals surface area contributed by atoms with Crippen LogP contribution in [0.3, 0.4) is 0 Å². The van der Waals surface area contributed by atoms with Crippen molar-refractivity contribution >= 4 is 35.1 Å². The summed E-state index contributed by atoms with van der Waals surface area (Å²) in [6, 6.07) is 0. The van der Waals surface area contributed by atoms with Gasteiger partial charge >= 0.3 is 11.9 Å². The number of carbonyl (C=O) groups excluding carboxylic acids is 6. The molecule has 5 aliphatic rings. The van der Waals surface area contributed by atoms with Gasteiger partial charge in [0.2, 0.25) is 40.1 Å². The van der Waals surface area contributed by atoms with E-state index in [0.29, 0.717) is 31.4 Å². The summed E-state index contributed by atoms with van der Waals surface area (Å²) in [6.07, 6.45) is 6.14. The summed E-state index contributed by atoms with van der Waals surface area (Å²) in [6.45, 7) is 7.91. The monoisotopic (exact) mass is 638 g/mol. The van der Waals surface area contributed by atoms with E-state index in [-0.39, 0.29) is 46.0 Å². The second-order valence-corrected chi connectivity index (χ2v) is 12.8. The average molecular weight is 639 g/mol. The molecule has 2 unspecified atom stereocenters. The molecule has 46 heavy (non-hydrogen) atoms. The number of allylic oxidation sites excluding steroid dienone is 3. The zero-order valence-corrected chi connectivity index (χ0v) is 26.8. The molecule has 0 aromatic carbocycles. The lowest BCUT2D eigenvalue weighted by Crippen LogP contribution is -2.57. The quantitative estimate of drug-likeness (QED) is 0.319. The van der Waals surface area contributed by atoms with Gasteiger partial charge in [0.05, 0.1) is 29.6 Å². The standard InChI is InChI=1S/C34H38O12/c1-17(35)9-7-11-21-13-22-24(15-42-21)28(38)32(5,45-19(3)36)30(40)26(22)27-23-14-34(12-8-10-18(2)44-34)43-16-25(23)29(39)33(6,31(27)41)46-20(4)37/h13,15-18,35H,7-12,14H2,1-6H3/t17?,18?,32-,33+,34+/m0/s1. The van der Waals surface area contributed by atoms with E-state index in [1.54, 1.807) is 6.92 Å². The first-order chi connectivity index (χ1) is 21.5. The lowest BCUT2D eigenvalue weighted by Gasteiger charge is -2.45. The minimum atomic E-state index is -2.38. The zero-order valence-electron chi connectivity index (χ0n) is 26.8. The highest BCUT2D eigenvalue weighted by molar-refractivity contribution is 6.37. The molecule has 0 bridgehead atoms. The number of hydrogen-bond donors (Lipinski definition) is 1. The highest BCUT2D eigenvalue weighted by Gasteiger charge is 2.60. The Morgan fingerprint density at radius 1 is 0.957 bits per heavy atom. The third kappa shape index (κ3) is 5.57. The van der Waals surface area contributed by atoms with Gasteiger partial charge in [-0.1, -0.05) is 0 Å². The summed E-state index contributed by atoms with van der Waals surface area (Å²) in [5, 5.41) is 9.73. The lowest BCUT2D eigenvalue weighted by molar-refractivity contribution is -0.254. The first-order valence-corrected chi connectivity index (χ1v) is 15.4. The Morgan fingerprint density at radius 3 is 2.15 bits per heavy atom. The number of Topliss-reactive ketones (excluding diaryl/α,β-unsaturated/α-hetero) is 4. The number of ether oxygens (including phenoxy) is 5. The molecule has 5 rings (SSSR count). The van der Waals surface area contributed by atoms with Crippen molar-refractivity contribution in [3.8, 4) is 0 Å². The summed E-state index contributed by atoms with van der Waals surface area (Å²) in [5.74, 6) is -6.39. The van der Waals surface area contributed by atoms with Crippen LogP contribution in [0.25, 0.3) is 0 Å². The van der Waals surface area contributed by atoms with Crippen LogP contribution in [-0.4, -0.2) is 69.4 Å². The molecule has 5 atom stereocenters. The predicted molar refractivity (Wildman–Crippen MR) is 158 cm³/mol. The van der Waals surface area contributed by atoms with Crippen LogP contribution in [0.1, 0.15) is 86.5 Å². The Balaban J connectivity index is 1.81. The van der Waals surface area contributed by atoms with Crippen LogP contribution in [-0.2, 0) is 52.5 Å². The molecule has 2 aliphatic carbocycles. The van der Waals surface area contributed by atoms with Gasteiger partial charge in [0.1, 0.15) is 12.0 Å². The average Bonchev–Trinajstić information content (AvgIpc) is 2.96. The number of ketones is 4. The van der Waals surface area contributed by atoms with E-state index in [1.807, 2.05) is 6.92 Å². The van der Waals surface area contributed by atoms with E-state index in [0.717, 1.165) is 46.8 Å². The summed E-state index contributed by atoms with van der Waals surface area (Å²) in [7, 11) is 0. The maximum atomic E-state index is 14.6. The smallest absolute Gasteiger partial charge is 0.304 e. The fourth-order valence-electron chi connectivity index (χ4n) is 6.70. The third-order valence-electron chi connectivity index (χ3n) is 8.91. The van der Waals surface area contributed by atoms with Crippen LogP contribution in [0.15, 0.2) is 57.8 Å². The third-order valence-corrected chi connectivity index (χ3v) is 8.91. The van der Waals surface area contributed by atoms with Crippen LogP contribution in [0, 0.1) is 0 Å². The van der Waals surface area contributed by atoms with E-state index < -0.39 is 58.2 Å². The molecule has 246 valence electrons. The minimum absolute atomic E-state index is 0.0334. The van der Waals surface area contributed by atoms with Crippen molar-refractivity contribution in [3.63, 3.8) is 0 Å². The van der Waals surface area contributed by atoms with Crippen LogP contribution >= 0.6 is 0 Å². The summed E-state index contributed by atoms with van der Waals surface area (Å²) < 4.78 is 28.7. The SMILES string of the molecule is CC(=O)O[C@@]1(C)C(=O)C2=COC(CCCC(C)O)=CC2=C(C2=C3C[C@]4(CCCC(C)O4)OC=C3C(=O)[C@@](C)(OC(C)=O)C2=O)C1=O. The van der Waals surface area contributed by atoms with Gasteiger partial charge in [0.15, 0.2) is 0 Å². The Morgan fingerprint density at radius 2 is 1.57 bits per heavy atom. The fourth-order valence-corrected chi connectivity index (χ4v) is 6.70. The molecule has 0 radical (unpaired) electrons. The van der Waals surface area contributed by atoms with E-state index in [2.05, 4.69) is 0 Å². The van der Waals surface area contributed by atoms with Gasteiger partial charge in [-0.05, 0) is 65.0 Å². The molecule has 1 saturated heterocycles. The van der Waals surface area contributed by atoms with Crippen LogP contribution < -0.4 is 0 Å². The van der Waals surface area contributed by atoms with Crippen LogP contribution in [0.4, 0.5) is 0 Å². The van der Waals surface area contributed by atoms with Crippen LogP contribution in [0.2, 0.25) is 0 Å². The van der Waals surface area contributed by atoms with Crippen molar-refractivity contribution in [1.82, 2.24) is 0 Å². The van der Waals surface area contributed by atoms with Gasteiger partial charge in [-0.3, -0.25) is 28.8 Å². The molecule has 0 aromatic heterocycles. The van der Waals surface area contributed by atoms with Gasteiger partial charge in [-0.25, -0.2) is 0 Å². The van der Waals surface area contributed by atoms with Gasteiger partial charge in [-0.15, -0.1) is 0 Å². The molecule has 1 fully saturated rings. The Kier molecular flexibility index (Phi) is 8.58. The van der Waals surface area contributed by atoms with E-state index in [9.17, 15) is 33.9 Å². The maximum Gasteiger partial charge on any atom is 0.304 e. The number of fused-ring (bicyclic) bond motifs is 2. The zero-order chi connectivity index (χ0) is 33.8. The molecule has 0 aromatic rings. The molecule has 0 amide bonds. The predicted octanol–water partition coefficient (Wildman–Crippen LogP) is 3.47. The van der Waals surface area contributed by atoms with Gasteiger partial charge < -0.3 is 28.8 Å². The number of aliphatic hydroxyl groups is 1. The normalized spacial score (nSPS) is 31.6. The van der Waals surface area contributed by atoms with E-state index in [4.69, 9.17) is 23.7 Å². The molecule has 1 spiro atoms. The molecule has 1 N–H and O–H groups in total. The van der Waals surface area contributed by atoms with Gasteiger partial charge in [0, 0.05) is 49.8 Å². The van der Waals surface area contributed by atoms with E-state index >= 15 is 0 Å². The Bertz CT molecular complexity index is 1600. The number of carbonyl (C=O) groups is 6. The summed E-state index contributed by atoms with van der Waals surface area (Å²) in [4.78, 5) is 81.3. The molecule has 0 saturated carbocycles. The largest absolute Gasteiger partial charge is 0.469 e. The van der Waals surface area contributed by atoms with Crippen molar-refractivity contribution in [2.45, 2.75) is 116 Å². The number of esters is 2. The number of hydrogen-bond acceptors (Lipinski definition) is 12. The van der Waals surface area contributed by atoms with Crippen molar-refractivity contribution in [2.24, 2.45) is 0 Å². The molecular formula is C34H38O12. The summed E-state index contributed by atoms with van der Waals surface area (Å²) >= 11 is 0. The van der Waals surface area contributed by atoms with Crippen LogP contribution in [0.5, 0.6) is 0 Å².